The summed E-state index contributed by atoms with van der Waals surface area (Å²) in [6.45, 7) is 1.26. The summed E-state index contributed by atoms with van der Waals surface area (Å²) in [5.41, 5.74) is 0.788. The number of nitrogens with zero attached hydrogens (tertiary/aromatic N) is 2. The van der Waals surface area contributed by atoms with Gasteiger partial charge in [-0.05, 0) is 12.8 Å². The van der Waals surface area contributed by atoms with E-state index in [1.54, 1.807) is 6.92 Å². The van der Waals surface area contributed by atoms with Crippen molar-refractivity contribution >= 4 is 5.90 Å². The summed E-state index contributed by atoms with van der Waals surface area (Å²) in [5, 5.41) is 21.2. The molecular weight excluding hydrogens is 161 g/mol. The molecule has 1 aromatic heterocycles. The van der Waals surface area contributed by atoms with E-state index >= 15 is 0 Å². The van der Waals surface area contributed by atoms with Crippen LogP contribution in [0.15, 0.2) is 6.20 Å². The van der Waals surface area contributed by atoms with Crippen LogP contribution < -0.4 is 5.11 Å². The second-order valence-electron chi connectivity index (χ2n) is 2.38. The van der Waals surface area contributed by atoms with Crippen molar-refractivity contribution in [3.63, 3.8) is 0 Å². The third kappa shape index (κ3) is 1.44. The molecule has 0 spiro atoms. The van der Waals surface area contributed by atoms with Gasteiger partial charge in [0, 0.05) is 11.3 Å². The summed E-state index contributed by atoms with van der Waals surface area (Å²) in [6.07, 6.45) is 1.29. The number of hydrogen-bond donors (Lipinski definition) is 1. The lowest BCUT2D eigenvalue weighted by Gasteiger charge is -2.06. The Kier molecular flexibility index (Phi) is 2.42. The van der Waals surface area contributed by atoms with Crippen LogP contribution in [0.5, 0.6) is 0 Å². The minimum Gasteiger partial charge on any atom is -0.859 e. The van der Waals surface area contributed by atoms with E-state index in [4.69, 9.17) is 5.41 Å². The maximum absolute atomic E-state index is 11.9. The van der Waals surface area contributed by atoms with E-state index in [0.717, 1.165) is 0 Å². The topological polar surface area (TPSA) is 64.7 Å². The number of aromatic nitrogens is 2. The summed E-state index contributed by atoms with van der Waals surface area (Å²) >= 11 is 0. The number of hydrogen-bond acceptors (Lipinski definition) is 3. The molecule has 0 aliphatic heterocycles. The van der Waals surface area contributed by atoms with Crippen LogP contribution in [0.2, 0.25) is 0 Å². The molecule has 0 fully saturated rings. The molecule has 0 saturated heterocycles. The molecule has 1 rings (SSSR count). The van der Waals surface area contributed by atoms with Gasteiger partial charge in [0.1, 0.15) is 6.67 Å². The summed E-state index contributed by atoms with van der Waals surface area (Å²) in [4.78, 5) is 0. The van der Waals surface area contributed by atoms with Crippen molar-refractivity contribution in [1.29, 1.82) is 5.41 Å². The molecule has 5 heteroatoms. The standard InChI is InChI=1S/C7H10FN3O/c1-5-6(7(9)12)4-10-11(5)3-2-8/h4H,2-3H2,1H3,(H2,9,12)/p-1. The molecule has 1 N–H and O–H groups in total. The minimum absolute atomic E-state index is 0.138. The highest BCUT2D eigenvalue weighted by molar-refractivity contribution is 5.88. The fraction of sp³-hybridized carbons (Fsp3) is 0.429. The van der Waals surface area contributed by atoms with Crippen LogP contribution in [0.4, 0.5) is 4.39 Å². The van der Waals surface area contributed by atoms with Gasteiger partial charge >= 0.3 is 0 Å². The molecule has 0 aromatic carbocycles. The van der Waals surface area contributed by atoms with Crippen LogP contribution in [0, 0.1) is 12.3 Å². The lowest BCUT2D eigenvalue weighted by Crippen LogP contribution is -2.17. The first kappa shape index (κ1) is 8.70. The number of nitrogens with one attached hydrogen (secondary N) is 1. The van der Waals surface area contributed by atoms with Gasteiger partial charge in [0.25, 0.3) is 0 Å². The summed E-state index contributed by atoms with van der Waals surface area (Å²) in [7, 11) is 0. The Bertz CT molecular complexity index is 295. The third-order valence-electron chi connectivity index (χ3n) is 1.64. The predicted molar refractivity (Wildman–Crippen MR) is 39.8 cm³/mol. The maximum Gasteiger partial charge on any atom is 0.109 e. The maximum atomic E-state index is 11.9. The van der Waals surface area contributed by atoms with Crippen LogP contribution >= 0.6 is 0 Å². The number of alkyl halides is 1. The molecule has 0 bridgehead atoms. The zero-order chi connectivity index (χ0) is 9.14. The molecule has 1 heterocycles. The molecule has 1 aromatic rings. The zero-order valence-electron chi connectivity index (χ0n) is 6.67. The molecule has 0 saturated carbocycles. The number of aryl methyl sites for hydroxylation is 1. The van der Waals surface area contributed by atoms with Gasteiger partial charge in [-0.15, -0.1) is 0 Å². The van der Waals surface area contributed by atoms with E-state index in [1.807, 2.05) is 0 Å². The van der Waals surface area contributed by atoms with Crippen LogP contribution in [0.25, 0.3) is 0 Å². The first-order chi connectivity index (χ1) is 5.66. The van der Waals surface area contributed by atoms with E-state index in [0.29, 0.717) is 5.69 Å². The highest BCUT2D eigenvalue weighted by Crippen LogP contribution is 2.05. The van der Waals surface area contributed by atoms with Crippen molar-refractivity contribution in [1.82, 2.24) is 9.78 Å². The van der Waals surface area contributed by atoms with E-state index in [9.17, 15) is 9.50 Å². The zero-order valence-corrected chi connectivity index (χ0v) is 6.67. The molecular formula is C7H9FN3O-. The first-order valence-electron chi connectivity index (χ1n) is 3.51. The SMILES string of the molecule is Cc1c(C(=N)[O-])cnn1CCF. The Morgan fingerprint density at radius 1 is 1.83 bits per heavy atom. The lowest BCUT2D eigenvalue weighted by atomic mass is 10.2. The van der Waals surface area contributed by atoms with E-state index < -0.39 is 12.6 Å². The van der Waals surface area contributed by atoms with E-state index in [1.165, 1.54) is 10.9 Å². The highest BCUT2D eigenvalue weighted by atomic mass is 19.1. The fourth-order valence-corrected chi connectivity index (χ4v) is 0.975. The van der Waals surface area contributed by atoms with Crippen molar-refractivity contribution in [3.8, 4) is 0 Å². The fourth-order valence-electron chi connectivity index (χ4n) is 0.975. The third-order valence-corrected chi connectivity index (χ3v) is 1.64. The Labute approximate surface area is 69.1 Å². The molecule has 0 amide bonds. The number of halogens is 1. The number of rotatable bonds is 3. The Morgan fingerprint density at radius 3 is 2.92 bits per heavy atom. The van der Waals surface area contributed by atoms with Gasteiger partial charge in [0.15, 0.2) is 0 Å². The molecule has 4 nitrogen and oxygen atoms in total. The molecule has 0 radical (unpaired) electrons. The van der Waals surface area contributed by atoms with Gasteiger partial charge in [0.2, 0.25) is 0 Å². The Balaban J connectivity index is 2.96. The predicted octanol–water partition coefficient (Wildman–Crippen LogP) is -0.153. The van der Waals surface area contributed by atoms with Crippen molar-refractivity contribution in [2.24, 2.45) is 0 Å². The van der Waals surface area contributed by atoms with Gasteiger partial charge in [-0.3, -0.25) is 4.68 Å². The van der Waals surface area contributed by atoms with Gasteiger partial charge in [-0.25, -0.2) is 4.39 Å². The second kappa shape index (κ2) is 3.34. The average molecular weight is 170 g/mol. The Morgan fingerprint density at radius 2 is 2.50 bits per heavy atom. The Hall–Kier alpha value is -1.39. The monoisotopic (exact) mass is 170 g/mol. The van der Waals surface area contributed by atoms with Crippen molar-refractivity contribution in [2.75, 3.05) is 6.67 Å². The van der Waals surface area contributed by atoms with Crippen LogP contribution in [0.1, 0.15) is 11.3 Å². The van der Waals surface area contributed by atoms with Crippen molar-refractivity contribution < 1.29 is 9.50 Å². The average Bonchev–Trinajstić information content (AvgIpc) is 2.34. The van der Waals surface area contributed by atoms with E-state index in [-0.39, 0.29) is 12.1 Å². The first-order valence-corrected chi connectivity index (χ1v) is 3.51. The second-order valence-corrected chi connectivity index (χ2v) is 2.38. The quantitative estimate of drug-likeness (QED) is 0.506. The molecule has 0 aliphatic rings. The summed E-state index contributed by atoms with van der Waals surface area (Å²) < 4.78 is 13.3. The van der Waals surface area contributed by atoms with Gasteiger partial charge < -0.3 is 10.5 Å². The van der Waals surface area contributed by atoms with Gasteiger partial charge in [-0.2, -0.15) is 5.10 Å². The summed E-state index contributed by atoms with van der Waals surface area (Å²) in [6, 6.07) is 0. The smallest absolute Gasteiger partial charge is 0.109 e. The van der Waals surface area contributed by atoms with Gasteiger partial charge in [-0.1, -0.05) is 0 Å². The molecule has 0 aliphatic carbocycles. The van der Waals surface area contributed by atoms with Crippen LogP contribution in [0.3, 0.4) is 0 Å². The van der Waals surface area contributed by atoms with Crippen molar-refractivity contribution in [2.45, 2.75) is 13.5 Å². The van der Waals surface area contributed by atoms with Crippen LogP contribution in [-0.4, -0.2) is 22.4 Å². The van der Waals surface area contributed by atoms with Crippen LogP contribution in [-0.2, 0) is 6.54 Å². The lowest BCUT2D eigenvalue weighted by molar-refractivity contribution is -0.214. The van der Waals surface area contributed by atoms with E-state index in [2.05, 4.69) is 5.10 Å². The molecule has 0 unspecified atom stereocenters. The van der Waals surface area contributed by atoms with Gasteiger partial charge in [0.05, 0.1) is 12.7 Å². The summed E-state index contributed by atoms with van der Waals surface area (Å²) in [5.74, 6) is -0.780. The minimum atomic E-state index is -0.780. The van der Waals surface area contributed by atoms with Crippen molar-refractivity contribution in [3.05, 3.63) is 17.5 Å². The molecule has 0 atom stereocenters. The normalized spacial score (nSPS) is 10.2. The molecule has 12 heavy (non-hydrogen) atoms. The molecule has 66 valence electrons. The highest BCUT2D eigenvalue weighted by Gasteiger charge is 2.04. The largest absolute Gasteiger partial charge is 0.859 e.